The van der Waals surface area contributed by atoms with E-state index in [1.807, 2.05) is 0 Å². The number of alkyl carbamates (subject to hydrolysis) is 1. The van der Waals surface area contributed by atoms with Crippen molar-refractivity contribution < 1.29 is 36.2 Å². The van der Waals surface area contributed by atoms with Crippen molar-refractivity contribution in [3.8, 4) is 17.3 Å². The Bertz CT molecular complexity index is 2680. The van der Waals surface area contributed by atoms with Crippen LogP contribution >= 0.6 is 23.2 Å². The quantitative estimate of drug-likeness (QED) is 0.143. The molecule has 0 spiro atoms. The first kappa shape index (κ1) is 41.1. The molecule has 1 N–H and O–H groups in total. The number of carbonyl (C=O) groups excluding carboxylic acids is 1. The van der Waals surface area contributed by atoms with E-state index in [0.717, 1.165) is 27.3 Å². The van der Waals surface area contributed by atoms with E-state index >= 15 is 0 Å². The largest absolute Gasteiger partial charge is 0.497 e. The summed E-state index contributed by atoms with van der Waals surface area (Å²) in [4.78, 5) is 37.4. The number of halogens is 4. The van der Waals surface area contributed by atoms with Crippen molar-refractivity contribution in [3.63, 3.8) is 0 Å². The van der Waals surface area contributed by atoms with Crippen LogP contribution < -0.4 is 24.7 Å². The standard InChI is InChI=1S/C38H37Cl2F2N7O7S/c1-38(2,3)56-37(51)43-28(16-21-14-22(41)17-23(42)15-21)33-44-32-25(18-27(40)35(45-32)55-6)36(50)49(33)29-13-12-26(39)30-31(29)47(4)46-34(30)48(57(7,52)53)19-20-8-10-24(54-5)11-9-20/h8-15,17-18,28H,16,19H2,1-7H3,(H,43,51)/t28-/m0/s1. The summed E-state index contributed by atoms with van der Waals surface area (Å²) in [7, 11) is 0.359. The number of hydrogen-bond donors (Lipinski definition) is 1. The number of hydrogen-bond acceptors (Lipinski definition) is 10. The van der Waals surface area contributed by atoms with Crippen molar-refractivity contribution in [3.05, 3.63) is 110 Å². The highest BCUT2D eigenvalue weighted by atomic mass is 35.5. The van der Waals surface area contributed by atoms with Crippen molar-refractivity contribution in [2.45, 2.75) is 45.4 Å². The fourth-order valence-corrected chi connectivity index (χ4v) is 7.55. The molecule has 0 unspecified atom stereocenters. The summed E-state index contributed by atoms with van der Waals surface area (Å²) in [5.41, 5.74) is -0.851. The maximum atomic E-state index is 14.9. The normalized spacial score (nSPS) is 12.5. The van der Waals surface area contributed by atoms with Crippen LogP contribution in [-0.4, -0.2) is 64.9 Å². The van der Waals surface area contributed by atoms with E-state index in [1.54, 1.807) is 45.0 Å². The number of fused-ring (bicyclic) bond motifs is 2. The average molecular weight is 845 g/mol. The number of benzene rings is 3. The molecule has 19 heteroatoms. The van der Waals surface area contributed by atoms with Gasteiger partial charge in [0.15, 0.2) is 11.5 Å². The molecule has 0 fully saturated rings. The summed E-state index contributed by atoms with van der Waals surface area (Å²) in [5.74, 6) is -1.44. The molecule has 3 aromatic heterocycles. The summed E-state index contributed by atoms with van der Waals surface area (Å²) < 4.78 is 75.7. The van der Waals surface area contributed by atoms with Crippen LogP contribution in [0.15, 0.2) is 65.5 Å². The van der Waals surface area contributed by atoms with E-state index in [0.29, 0.717) is 17.4 Å². The second-order valence-electron chi connectivity index (χ2n) is 14.0. The molecule has 0 aliphatic rings. The Balaban J connectivity index is 1.66. The van der Waals surface area contributed by atoms with Gasteiger partial charge in [-0.05, 0) is 74.4 Å². The van der Waals surface area contributed by atoms with E-state index in [-0.39, 0.29) is 73.7 Å². The van der Waals surface area contributed by atoms with Crippen molar-refractivity contribution in [2.75, 3.05) is 24.8 Å². The number of amides is 1. The number of rotatable bonds is 11. The Morgan fingerprint density at radius 2 is 1.61 bits per heavy atom. The lowest BCUT2D eigenvalue weighted by Gasteiger charge is -2.26. The molecule has 0 saturated heterocycles. The highest BCUT2D eigenvalue weighted by Crippen LogP contribution is 2.38. The molecule has 14 nitrogen and oxygen atoms in total. The van der Waals surface area contributed by atoms with Crippen LogP contribution in [0.5, 0.6) is 11.6 Å². The van der Waals surface area contributed by atoms with Crippen molar-refractivity contribution >= 4 is 67.1 Å². The molecule has 300 valence electrons. The molecular weight excluding hydrogens is 807 g/mol. The fraction of sp³-hybridized carbons (Fsp3) is 0.289. The molecule has 0 aliphatic carbocycles. The van der Waals surface area contributed by atoms with Gasteiger partial charge in [0.25, 0.3) is 5.56 Å². The third-order valence-corrected chi connectivity index (χ3v) is 10.3. The van der Waals surface area contributed by atoms with E-state index in [2.05, 4.69) is 15.4 Å². The molecule has 57 heavy (non-hydrogen) atoms. The van der Waals surface area contributed by atoms with Gasteiger partial charge in [0.05, 0.1) is 60.1 Å². The lowest BCUT2D eigenvalue weighted by molar-refractivity contribution is 0.0500. The van der Waals surface area contributed by atoms with Crippen LogP contribution in [0.25, 0.3) is 27.6 Å². The van der Waals surface area contributed by atoms with Crippen LogP contribution in [0.3, 0.4) is 0 Å². The smallest absolute Gasteiger partial charge is 0.408 e. The third kappa shape index (κ3) is 8.74. The number of carbonyl (C=O) groups is 1. The predicted octanol–water partition coefficient (Wildman–Crippen LogP) is 7.04. The van der Waals surface area contributed by atoms with Gasteiger partial charge in [-0.3, -0.25) is 14.0 Å². The minimum atomic E-state index is -4.02. The molecule has 3 aromatic carbocycles. The minimum Gasteiger partial charge on any atom is -0.497 e. The number of nitrogens with one attached hydrogen (secondary N) is 1. The average Bonchev–Trinajstić information content (AvgIpc) is 3.46. The minimum absolute atomic E-state index is 0.00624. The number of nitrogens with zero attached hydrogens (tertiary/aromatic N) is 6. The van der Waals surface area contributed by atoms with Crippen LogP contribution in [0, 0.1) is 11.6 Å². The second kappa shape index (κ2) is 15.8. The van der Waals surface area contributed by atoms with Gasteiger partial charge in [0, 0.05) is 19.5 Å². The Kier molecular flexibility index (Phi) is 11.4. The lowest BCUT2D eigenvalue weighted by atomic mass is 10.0. The topological polar surface area (TPSA) is 160 Å². The van der Waals surface area contributed by atoms with Crippen LogP contribution in [-0.2, 0) is 34.8 Å². The maximum absolute atomic E-state index is 14.9. The zero-order valence-electron chi connectivity index (χ0n) is 31.7. The number of sulfonamides is 1. The van der Waals surface area contributed by atoms with Crippen LogP contribution in [0.1, 0.15) is 43.8 Å². The summed E-state index contributed by atoms with van der Waals surface area (Å²) in [6.45, 7) is 4.79. The summed E-state index contributed by atoms with van der Waals surface area (Å²) in [5, 5.41) is 7.50. The summed E-state index contributed by atoms with van der Waals surface area (Å²) in [6, 6.07) is 12.6. The highest BCUT2D eigenvalue weighted by molar-refractivity contribution is 7.92. The van der Waals surface area contributed by atoms with E-state index in [1.165, 1.54) is 44.1 Å². The number of ether oxygens (including phenoxy) is 3. The number of anilines is 1. The van der Waals surface area contributed by atoms with E-state index < -0.39 is 45.0 Å². The zero-order valence-corrected chi connectivity index (χ0v) is 34.1. The molecule has 6 rings (SSSR count). The number of aryl methyl sites for hydroxylation is 1. The monoisotopic (exact) mass is 843 g/mol. The van der Waals surface area contributed by atoms with E-state index in [4.69, 9.17) is 42.4 Å². The number of pyridine rings is 1. The Morgan fingerprint density at radius 1 is 0.947 bits per heavy atom. The SMILES string of the molecule is COc1ccc(CN(c2nn(C)c3c(-n4c([C@H](Cc5cc(F)cc(F)c5)NC(=O)OC(C)(C)C)nc5nc(OC)c(Cl)cc5c4=O)ccc(Cl)c23)S(C)(=O)=O)cc1. The van der Waals surface area contributed by atoms with Crippen LogP contribution in [0.4, 0.5) is 19.4 Å². The molecule has 1 atom stereocenters. The molecule has 0 aliphatic heterocycles. The first-order valence-electron chi connectivity index (χ1n) is 17.2. The van der Waals surface area contributed by atoms with Crippen LogP contribution in [0.2, 0.25) is 10.0 Å². The lowest BCUT2D eigenvalue weighted by Crippen LogP contribution is -2.39. The van der Waals surface area contributed by atoms with Gasteiger partial charge in [-0.2, -0.15) is 10.1 Å². The molecule has 1 amide bonds. The number of methoxy groups -OCH3 is 2. The van der Waals surface area contributed by atoms with Gasteiger partial charge < -0.3 is 19.5 Å². The van der Waals surface area contributed by atoms with Gasteiger partial charge in [0.2, 0.25) is 15.9 Å². The fourth-order valence-electron chi connectivity index (χ4n) is 6.26. The second-order valence-corrected chi connectivity index (χ2v) is 16.7. The first-order valence-corrected chi connectivity index (χ1v) is 19.8. The molecule has 0 radical (unpaired) electrons. The zero-order chi connectivity index (χ0) is 41.6. The molecular formula is C38H37Cl2F2N7O7S. The van der Waals surface area contributed by atoms with E-state index in [9.17, 15) is 26.8 Å². The predicted molar refractivity (Wildman–Crippen MR) is 212 cm³/mol. The van der Waals surface area contributed by atoms with Gasteiger partial charge in [0.1, 0.15) is 33.8 Å². The number of aromatic nitrogens is 5. The molecule has 3 heterocycles. The van der Waals surface area contributed by atoms with Crippen molar-refractivity contribution in [1.82, 2.24) is 29.6 Å². The summed E-state index contributed by atoms with van der Waals surface area (Å²) in [6.07, 6.45) is -0.204. The Hall–Kier alpha value is -5.52. The Labute approximate surface area is 335 Å². The third-order valence-electron chi connectivity index (χ3n) is 8.63. The summed E-state index contributed by atoms with van der Waals surface area (Å²) >= 11 is 13.3. The maximum Gasteiger partial charge on any atom is 0.408 e. The van der Waals surface area contributed by atoms with Gasteiger partial charge in [-0.1, -0.05) is 35.3 Å². The first-order chi connectivity index (χ1) is 26.8. The molecule has 0 bridgehead atoms. The highest BCUT2D eigenvalue weighted by Gasteiger charge is 2.31. The van der Waals surface area contributed by atoms with Gasteiger partial charge >= 0.3 is 6.09 Å². The van der Waals surface area contributed by atoms with Crippen molar-refractivity contribution in [2.24, 2.45) is 7.05 Å². The van der Waals surface area contributed by atoms with Gasteiger partial charge in [-0.15, -0.1) is 0 Å². The Morgan fingerprint density at radius 3 is 2.21 bits per heavy atom. The molecule has 6 aromatic rings. The molecule has 0 saturated carbocycles. The van der Waals surface area contributed by atoms with Gasteiger partial charge in [-0.25, -0.2) is 31.3 Å². The van der Waals surface area contributed by atoms with Crippen molar-refractivity contribution in [1.29, 1.82) is 0 Å².